The number of hydrogen-bond acceptors (Lipinski definition) is 2. The predicted octanol–water partition coefficient (Wildman–Crippen LogP) is 2.12. The van der Waals surface area contributed by atoms with E-state index in [0.29, 0.717) is 6.04 Å². The van der Waals surface area contributed by atoms with Crippen molar-refractivity contribution >= 4 is 5.91 Å². The van der Waals surface area contributed by atoms with Gasteiger partial charge in [0.15, 0.2) is 0 Å². The molecule has 2 unspecified atom stereocenters. The van der Waals surface area contributed by atoms with E-state index in [-0.39, 0.29) is 11.9 Å². The van der Waals surface area contributed by atoms with Gasteiger partial charge in [-0.15, -0.1) is 0 Å². The van der Waals surface area contributed by atoms with Crippen LogP contribution in [0.2, 0.25) is 0 Å². The van der Waals surface area contributed by atoms with Crippen LogP contribution in [0.25, 0.3) is 0 Å². The molecule has 15 heavy (non-hydrogen) atoms. The normalized spacial score (nSPS) is 23.5. The fourth-order valence-corrected chi connectivity index (χ4v) is 2.19. The van der Waals surface area contributed by atoms with Crippen molar-refractivity contribution in [3.63, 3.8) is 0 Å². The van der Waals surface area contributed by atoms with Crippen LogP contribution in [-0.4, -0.2) is 29.6 Å². The molecule has 0 spiro atoms. The topological polar surface area (TPSA) is 32.3 Å². The van der Waals surface area contributed by atoms with Crippen molar-refractivity contribution in [1.82, 2.24) is 10.2 Å². The van der Waals surface area contributed by atoms with E-state index in [2.05, 4.69) is 19.2 Å². The van der Waals surface area contributed by atoms with Gasteiger partial charge in [0.05, 0.1) is 12.7 Å². The Hall–Kier alpha value is -0.570. The molecule has 1 fully saturated rings. The van der Waals surface area contributed by atoms with E-state index in [1.807, 2.05) is 11.8 Å². The molecule has 1 N–H and O–H groups in total. The van der Waals surface area contributed by atoms with E-state index >= 15 is 0 Å². The first kappa shape index (κ1) is 12.5. The van der Waals surface area contributed by atoms with E-state index in [4.69, 9.17) is 0 Å². The van der Waals surface area contributed by atoms with Crippen LogP contribution in [0.1, 0.15) is 52.9 Å². The zero-order chi connectivity index (χ0) is 11.3. The van der Waals surface area contributed by atoms with Crippen molar-refractivity contribution in [3.05, 3.63) is 0 Å². The number of unbranched alkanes of at least 4 members (excludes halogenated alkanes) is 1. The Kier molecular flexibility index (Phi) is 5.09. The van der Waals surface area contributed by atoms with Crippen LogP contribution in [-0.2, 0) is 4.79 Å². The fraction of sp³-hybridized carbons (Fsp3) is 0.917. The standard InChI is InChI=1S/C12H24N2O/c1-4-6-8-11(7-5-2)14-9-13-10(3)12(14)15/h10-11,13H,4-9H2,1-3H3. The molecule has 0 aliphatic carbocycles. The third-order valence-corrected chi connectivity index (χ3v) is 3.17. The molecule has 1 amide bonds. The second-order valence-electron chi connectivity index (χ2n) is 4.48. The Morgan fingerprint density at radius 2 is 2.13 bits per heavy atom. The van der Waals surface area contributed by atoms with Crippen LogP contribution < -0.4 is 5.32 Å². The van der Waals surface area contributed by atoms with Crippen molar-refractivity contribution in [3.8, 4) is 0 Å². The lowest BCUT2D eigenvalue weighted by molar-refractivity contribution is -0.130. The first-order valence-corrected chi connectivity index (χ1v) is 6.24. The number of nitrogens with zero attached hydrogens (tertiary/aromatic N) is 1. The highest BCUT2D eigenvalue weighted by atomic mass is 16.2. The summed E-state index contributed by atoms with van der Waals surface area (Å²) in [6.07, 6.45) is 5.89. The lowest BCUT2D eigenvalue weighted by Gasteiger charge is -2.27. The van der Waals surface area contributed by atoms with Crippen molar-refractivity contribution < 1.29 is 4.79 Å². The summed E-state index contributed by atoms with van der Waals surface area (Å²) < 4.78 is 0. The van der Waals surface area contributed by atoms with E-state index < -0.39 is 0 Å². The van der Waals surface area contributed by atoms with Crippen LogP contribution in [0, 0.1) is 0 Å². The van der Waals surface area contributed by atoms with Gasteiger partial charge in [0.2, 0.25) is 5.91 Å². The highest BCUT2D eigenvalue weighted by Crippen LogP contribution is 2.17. The number of carbonyl (C=O) groups excluding carboxylic acids is 1. The van der Waals surface area contributed by atoms with Crippen molar-refractivity contribution in [2.24, 2.45) is 0 Å². The Labute approximate surface area is 93.2 Å². The van der Waals surface area contributed by atoms with Gasteiger partial charge in [0.1, 0.15) is 0 Å². The monoisotopic (exact) mass is 212 g/mol. The summed E-state index contributed by atoms with van der Waals surface area (Å²) in [7, 11) is 0. The van der Waals surface area contributed by atoms with Crippen molar-refractivity contribution in [1.29, 1.82) is 0 Å². The van der Waals surface area contributed by atoms with Gasteiger partial charge < -0.3 is 4.90 Å². The van der Waals surface area contributed by atoms with Gasteiger partial charge in [-0.2, -0.15) is 0 Å². The lowest BCUT2D eigenvalue weighted by atomic mass is 10.0. The summed E-state index contributed by atoms with van der Waals surface area (Å²) in [5.41, 5.74) is 0. The maximum Gasteiger partial charge on any atom is 0.240 e. The van der Waals surface area contributed by atoms with Gasteiger partial charge >= 0.3 is 0 Å². The van der Waals surface area contributed by atoms with Crippen LogP contribution in [0.4, 0.5) is 0 Å². The Bertz CT molecular complexity index is 206. The van der Waals surface area contributed by atoms with Gasteiger partial charge in [-0.1, -0.05) is 33.1 Å². The van der Waals surface area contributed by atoms with Crippen molar-refractivity contribution in [2.45, 2.75) is 65.0 Å². The van der Waals surface area contributed by atoms with Gasteiger partial charge in [-0.05, 0) is 19.8 Å². The molecule has 1 aliphatic rings. The Balaban J connectivity index is 2.51. The van der Waals surface area contributed by atoms with Crippen LogP contribution in [0.15, 0.2) is 0 Å². The molecule has 0 aromatic carbocycles. The molecule has 88 valence electrons. The van der Waals surface area contributed by atoms with Gasteiger partial charge in [0.25, 0.3) is 0 Å². The smallest absolute Gasteiger partial charge is 0.240 e. The van der Waals surface area contributed by atoms with Crippen molar-refractivity contribution in [2.75, 3.05) is 6.67 Å². The van der Waals surface area contributed by atoms with Crippen LogP contribution >= 0.6 is 0 Å². The molecule has 1 aliphatic heterocycles. The first-order chi connectivity index (χ1) is 7.20. The summed E-state index contributed by atoms with van der Waals surface area (Å²) >= 11 is 0. The molecule has 0 aromatic heterocycles. The number of rotatable bonds is 6. The van der Waals surface area contributed by atoms with Gasteiger partial charge in [-0.25, -0.2) is 0 Å². The summed E-state index contributed by atoms with van der Waals surface area (Å²) in [4.78, 5) is 13.9. The van der Waals surface area contributed by atoms with E-state index in [1.54, 1.807) is 0 Å². The minimum absolute atomic E-state index is 0.0194. The zero-order valence-electron chi connectivity index (χ0n) is 10.3. The predicted molar refractivity (Wildman–Crippen MR) is 62.5 cm³/mol. The third kappa shape index (κ3) is 3.20. The summed E-state index contributed by atoms with van der Waals surface area (Å²) in [6, 6.07) is 0.478. The molecule has 3 nitrogen and oxygen atoms in total. The molecule has 0 saturated carbocycles. The molecule has 1 rings (SSSR count). The Morgan fingerprint density at radius 3 is 2.60 bits per heavy atom. The van der Waals surface area contributed by atoms with Gasteiger partial charge in [0, 0.05) is 6.04 Å². The number of hydrogen-bond donors (Lipinski definition) is 1. The van der Waals surface area contributed by atoms with Crippen LogP contribution in [0.3, 0.4) is 0 Å². The number of nitrogens with one attached hydrogen (secondary N) is 1. The average Bonchev–Trinajstić information content (AvgIpc) is 2.55. The van der Waals surface area contributed by atoms with E-state index in [0.717, 1.165) is 25.9 Å². The summed E-state index contributed by atoms with van der Waals surface area (Å²) in [5.74, 6) is 0.282. The SMILES string of the molecule is CCCCC(CCC)N1CNC(C)C1=O. The second kappa shape index (κ2) is 6.11. The molecule has 1 saturated heterocycles. The highest BCUT2D eigenvalue weighted by molar-refractivity contribution is 5.83. The molecular weight excluding hydrogens is 188 g/mol. The summed E-state index contributed by atoms with van der Waals surface area (Å²) in [5, 5.41) is 3.21. The zero-order valence-corrected chi connectivity index (χ0v) is 10.3. The largest absolute Gasteiger partial charge is 0.326 e. The fourth-order valence-electron chi connectivity index (χ4n) is 2.19. The van der Waals surface area contributed by atoms with Gasteiger partial charge in [-0.3, -0.25) is 10.1 Å². The van der Waals surface area contributed by atoms with E-state index in [9.17, 15) is 4.79 Å². The molecule has 1 heterocycles. The molecular formula is C12H24N2O. The maximum atomic E-state index is 11.8. The summed E-state index contributed by atoms with van der Waals surface area (Å²) in [6.45, 7) is 7.09. The average molecular weight is 212 g/mol. The lowest BCUT2D eigenvalue weighted by Crippen LogP contribution is -2.38. The van der Waals surface area contributed by atoms with E-state index in [1.165, 1.54) is 12.8 Å². The Morgan fingerprint density at radius 1 is 1.40 bits per heavy atom. The minimum atomic E-state index is 0.0194. The highest BCUT2D eigenvalue weighted by Gasteiger charge is 2.31. The third-order valence-electron chi connectivity index (χ3n) is 3.17. The molecule has 0 aromatic rings. The molecule has 2 atom stereocenters. The second-order valence-corrected chi connectivity index (χ2v) is 4.48. The number of amides is 1. The molecule has 0 bridgehead atoms. The minimum Gasteiger partial charge on any atom is -0.326 e. The quantitative estimate of drug-likeness (QED) is 0.731. The molecule has 3 heteroatoms. The first-order valence-electron chi connectivity index (χ1n) is 6.24. The number of carbonyl (C=O) groups is 1. The van der Waals surface area contributed by atoms with Crippen LogP contribution in [0.5, 0.6) is 0 Å². The molecule has 0 radical (unpaired) electrons. The maximum absolute atomic E-state index is 11.8.